The lowest BCUT2D eigenvalue weighted by Crippen LogP contribution is -2.02. The van der Waals surface area contributed by atoms with Crippen LogP contribution in [0.1, 0.15) is 23.2 Å². The van der Waals surface area contributed by atoms with E-state index < -0.39 is 0 Å². The SMILES string of the molecule is O=C(C1=CCCC=C1)c1ccc(Br)cc1. The zero-order chi connectivity index (χ0) is 10.7. The first kappa shape index (κ1) is 10.4. The predicted octanol–water partition coefficient (Wildman–Crippen LogP) is 3.91. The topological polar surface area (TPSA) is 17.1 Å². The van der Waals surface area contributed by atoms with Crippen LogP contribution < -0.4 is 0 Å². The van der Waals surface area contributed by atoms with Crippen LogP contribution in [0.15, 0.2) is 52.5 Å². The second-order valence-electron chi connectivity index (χ2n) is 3.48. The van der Waals surface area contributed by atoms with Gasteiger partial charge in [0.1, 0.15) is 0 Å². The molecule has 0 fully saturated rings. The quantitative estimate of drug-likeness (QED) is 0.739. The maximum atomic E-state index is 12.0. The Kier molecular flexibility index (Phi) is 3.17. The summed E-state index contributed by atoms with van der Waals surface area (Å²) in [4.78, 5) is 12.0. The van der Waals surface area contributed by atoms with Crippen LogP contribution in [-0.2, 0) is 0 Å². The van der Waals surface area contributed by atoms with Crippen LogP contribution in [0, 0.1) is 0 Å². The maximum absolute atomic E-state index is 12.0. The molecule has 76 valence electrons. The molecule has 1 aliphatic carbocycles. The molecule has 0 N–H and O–H groups in total. The number of hydrogen-bond donors (Lipinski definition) is 0. The number of allylic oxidation sites excluding steroid dienone is 4. The first-order valence-corrected chi connectivity index (χ1v) is 5.73. The fourth-order valence-electron chi connectivity index (χ4n) is 1.55. The van der Waals surface area contributed by atoms with Gasteiger partial charge < -0.3 is 0 Å². The molecule has 0 atom stereocenters. The molecule has 1 aromatic rings. The molecule has 0 saturated carbocycles. The molecule has 0 amide bonds. The average Bonchev–Trinajstić information content (AvgIpc) is 2.30. The highest BCUT2D eigenvalue weighted by atomic mass is 79.9. The first-order valence-electron chi connectivity index (χ1n) is 4.94. The number of ketones is 1. The van der Waals surface area contributed by atoms with Gasteiger partial charge in [0.05, 0.1) is 0 Å². The van der Waals surface area contributed by atoms with Crippen molar-refractivity contribution in [1.82, 2.24) is 0 Å². The van der Waals surface area contributed by atoms with Crippen LogP contribution in [0.3, 0.4) is 0 Å². The number of halogens is 1. The Morgan fingerprint density at radius 2 is 1.87 bits per heavy atom. The van der Waals surface area contributed by atoms with Gasteiger partial charge in [-0.1, -0.05) is 34.2 Å². The molecule has 2 rings (SSSR count). The van der Waals surface area contributed by atoms with E-state index in [0.29, 0.717) is 0 Å². The van der Waals surface area contributed by atoms with Gasteiger partial charge in [0.15, 0.2) is 5.78 Å². The summed E-state index contributed by atoms with van der Waals surface area (Å²) in [6.45, 7) is 0. The lowest BCUT2D eigenvalue weighted by molar-refractivity contribution is 0.103. The number of carbonyl (C=O) groups excluding carboxylic acids is 1. The summed E-state index contributed by atoms with van der Waals surface area (Å²) >= 11 is 3.35. The van der Waals surface area contributed by atoms with E-state index in [0.717, 1.165) is 28.5 Å². The van der Waals surface area contributed by atoms with Gasteiger partial charge in [-0.25, -0.2) is 0 Å². The van der Waals surface area contributed by atoms with E-state index in [1.807, 2.05) is 42.5 Å². The molecule has 0 aromatic heterocycles. The van der Waals surface area contributed by atoms with Gasteiger partial charge in [0.2, 0.25) is 0 Å². The molecule has 0 heterocycles. The zero-order valence-electron chi connectivity index (χ0n) is 8.24. The van der Waals surface area contributed by atoms with E-state index in [4.69, 9.17) is 0 Å². The van der Waals surface area contributed by atoms with Gasteiger partial charge in [-0.15, -0.1) is 0 Å². The largest absolute Gasteiger partial charge is 0.289 e. The van der Waals surface area contributed by atoms with Crippen molar-refractivity contribution in [2.45, 2.75) is 12.8 Å². The van der Waals surface area contributed by atoms with Crippen LogP contribution in [0.4, 0.5) is 0 Å². The van der Waals surface area contributed by atoms with Crippen molar-refractivity contribution < 1.29 is 4.79 Å². The van der Waals surface area contributed by atoms with E-state index in [1.165, 1.54) is 0 Å². The molecule has 0 spiro atoms. The highest BCUT2D eigenvalue weighted by Gasteiger charge is 2.10. The highest BCUT2D eigenvalue weighted by Crippen LogP contribution is 2.17. The molecule has 1 aromatic carbocycles. The molecule has 0 radical (unpaired) electrons. The minimum Gasteiger partial charge on any atom is -0.289 e. The lowest BCUT2D eigenvalue weighted by atomic mass is 9.98. The van der Waals surface area contributed by atoms with Crippen LogP contribution >= 0.6 is 15.9 Å². The summed E-state index contributed by atoms with van der Waals surface area (Å²) in [5, 5.41) is 0. The molecule has 0 saturated heterocycles. The maximum Gasteiger partial charge on any atom is 0.192 e. The van der Waals surface area contributed by atoms with Gasteiger partial charge >= 0.3 is 0 Å². The van der Waals surface area contributed by atoms with Crippen LogP contribution in [0.25, 0.3) is 0 Å². The van der Waals surface area contributed by atoms with Gasteiger partial charge in [-0.2, -0.15) is 0 Å². The Morgan fingerprint density at radius 1 is 1.13 bits per heavy atom. The van der Waals surface area contributed by atoms with Crippen molar-refractivity contribution in [3.63, 3.8) is 0 Å². The standard InChI is InChI=1S/C13H11BrO/c14-12-8-6-11(7-9-12)13(15)10-4-2-1-3-5-10/h2,4-9H,1,3H2. The molecule has 2 heteroatoms. The van der Waals surface area contributed by atoms with E-state index in [1.54, 1.807) is 0 Å². The molecule has 0 bridgehead atoms. The summed E-state index contributed by atoms with van der Waals surface area (Å²) in [5.74, 6) is 0.110. The molecular formula is C13H11BrO. The van der Waals surface area contributed by atoms with Crippen molar-refractivity contribution in [2.75, 3.05) is 0 Å². The van der Waals surface area contributed by atoms with Crippen molar-refractivity contribution in [3.8, 4) is 0 Å². The third kappa shape index (κ3) is 2.45. The number of hydrogen-bond acceptors (Lipinski definition) is 1. The van der Waals surface area contributed by atoms with E-state index >= 15 is 0 Å². The van der Waals surface area contributed by atoms with Crippen molar-refractivity contribution in [3.05, 3.63) is 58.1 Å². The minimum absolute atomic E-state index is 0.110. The summed E-state index contributed by atoms with van der Waals surface area (Å²) in [5.41, 5.74) is 1.56. The van der Waals surface area contributed by atoms with Gasteiger partial charge in [-0.05, 0) is 37.1 Å². The Hall–Kier alpha value is -1.15. The zero-order valence-corrected chi connectivity index (χ0v) is 9.83. The van der Waals surface area contributed by atoms with Crippen LogP contribution in [-0.4, -0.2) is 5.78 Å². The number of carbonyl (C=O) groups is 1. The summed E-state index contributed by atoms with van der Waals surface area (Å²) in [7, 11) is 0. The fraction of sp³-hybridized carbons (Fsp3) is 0.154. The Balaban J connectivity index is 2.24. The highest BCUT2D eigenvalue weighted by molar-refractivity contribution is 9.10. The van der Waals surface area contributed by atoms with Gasteiger partial charge in [0.25, 0.3) is 0 Å². The van der Waals surface area contributed by atoms with E-state index in [-0.39, 0.29) is 5.78 Å². The molecule has 1 nitrogen and oxygen atoms in total. The van der Waals surface area contributed by atoms with Crippen LogP contribution in [0.2, 0.25) is 0 Å². The Bertz CT molecular complexity index is 426. The van der Waals surface area contributed by atoms with Gasteiger partial charge in [0, 0.05) is 15.6 Å². The summed E-state index contributed by atoms with van der Waals surface area (Å²) in [6.07, 6.45) is 7.97. The molecule has 0 aliphatic heterocycles. The second-order valence-corrected chi connectivity index (χ2v) is 4.39. The predicted molar refractivity (Wildman–Crippen MR) is 64.9 cm³/mol. The minimum atomic E-state index is 0.110. The smallest absolute Gasteiger partial charge is 0.192 e. The summed E-state index contributed by atoms with van der Waals surface area (Å²) < 4.78 is 0.993. The molecule has 0 unspecified atom stereocenters. The second kappa shape index (κ2) is 4.58. The fourth-order valence-corrected chi connectivity index (χ4v) is 1.81. The normalized spacial score (nSPS) is 14.9. The Labute approximate surface area is 97.6 Å². The third-order valence-electron chi connectivity index (χ3n) is 2.36. The number of Topliss-reactive ketones (excluding diaryl/α,β-unsaturated/α-hetero) is 1. The third-order valence-corrected chi connectivity index (χ3v) is 2.89. The van der Waals surface area contributed by atoms with E-state index in [2.05, 4.69) is 15.9 Å². The average molecular weight is 263 g/mol. The van der Waals surface area contributed by atoms with Crippen LogP contribution in [0.5, 0.6) is 0 Å². The molecular weight excluding hydrogens is 252 g/mol. The number of benzene rings is 1. The monoisotopic (exact) mass is 262 g/mol. The molecule has 1 aliphatic rings. The Morgan fingerprint density at radius 3 is 2.47 bits per heavy atom. The first-order chi connectivity index (χ1) is 7.27. The van der Waals surface area contributed by atoms with E-state index in [9.17, 15) is 4.79 Å². The molecule has 15 heavy (non-hydrogen) atoms. The van der Waals surface area contributed by atoms with Crippen molar-refractivity contribution in [2.24, 2.45) is 0 Å². The van der Waals surface area contributed by atoms with Crippen molar-refractivity contribution in [1.29, 1.82) is 0 Å². The van der Waals surface area contributed by atoms with Gasteiger partial charge in [-0.3, -0.25) is 4.79 Å². The van der Waals surface area contributed by atoms with Crippen molar-refractivity contribution >= 4 is 21.7 Å². The number of rotatable bonds is 2. The lowest BCUT2D eigenvalue weighted by Gasteiger charge is -2.05. The summed E-state index contributed by atoms with van der Waals surface area (Å²) in [6, 6.07) is 7.46.